The monoisotopic (exact) mass is 427 g/mol. The third-order valence-corrected chi connectivity index (χ3v) is 6.04. The first-order valence-corrected chi connectivity index (χ1v) is 10.5. The Morgan fingerprint density at radius 3 is 2.69 bits per heavy atom. The van der Waals surface area contributed by atoms with Crippen molar-refractivity contribution in [1.82, 2.24) is 19.5 Å². The molecule has 3 aromatic heterocycles. The molecule has 6 rings (SSSR count). The van der Waals surface area contributed by atoms with Gasteiger partial charge in [-0.3, -0.25) is 4.98 Å². The van der Waals surface area contributed by atoms with Crippen LogP contribution in [0.2, 0.25) is 0 Å². The molecule has 0 radical (unpaired) electrons. The number of pyridine rings is 1. The molecule has 2 N–H and O–H groups in total. The number of nitrogens with two attached hydrogens (primary N) is 1. The number of anilines is 1. The highest BCUT2D eigenvalue weighted by Gasteiger charge is 2.28. The van der Waals surface area contributed by atoms with Crippen molar-refractivity contribution in [2.24, 2.45) is 0 Å². The van der Waals surface area contributed by atoms with Crippen molar-refractivity contribution in [3.05, 3.63) is 84.1 Å². The number of aromatic nitrogens is 4. The average Bonchev–Trinajstić information content (AvgIpc) is 3.55. The third kappa shape index (κ3) is 3.09. The molecular formula is C25H19F2N5. The number of nitrogen functional groups attached to an aromatic ring is 1. The number of rotatable bonds is 4. The second-order valence-corrected chi connectivity index (χ2v) is 8.27. The molecule has 2 aromatic carbocycles. The Labute approximate surface area is 182 Å². The first-order valence-electron chi connectivity index (χ1n) is 10.5. The fraction of sp³-hybridized carbons (Fsp3) is 0.160. The van der Waals surface area contributed by atoms with Gasteiger partial charge in [0.1, 0.15) is 29.4 Å². The van der Waals surface area contributed by atoms with E-state index in [0.717, 1.165) is 35.1 Å². The van der Waals surface area contributed by atoms with E-state index in [2.05, 4.69) is 19.5 Å². The molecule has 0 spiro atoms. The van der Waals surface area contributed by atoms with Crippen LogP contribution in [0.1, 0.15) is 30.1 Å². The van der Waals surface area contributed by atoms with Crippen molar-refractivity contribution >= 4 is 27.6 Å². The molecule has 1 aliphatic carbocycles. The van der Waals surface area contributed by atoms with Crippen molar-refractivity contribution in [2.75, 3.05) is 5.73 Å². The molecule has 0 atom stereocenters. The van der Waals surface area contributed by atoms with Gasteiger partial charge in [0.2, 0.25) is 0 Å². The van der Waals surface area contributed by atoms with Crippen molar-refractivity contribution in [3.63, 3.8) is 0 Å². The Morgan fingerprint density at radius 2 is 1.88 bits per heavy atom. The fourth-order valence-electron chi connectivity index (χ4n) is 4.33. The van der Waals surface area contributed by atoms with Crippen molar-refractivity contribution in [1.29, 1.82) is 0 Å². The van der Waals surface area contributed by atoms with Gasteiger partial charge in [-0.05, 0) is 42.0 Å². The van der Waals surface area contributed by atoms with Crippen LogP contribution in [-0.2, 0) is 6.42 Å². The van der Waals surface area contributed by atoms with Crippen LogP contribution in [0.15, 0.2) is 61.2 Å². The molecule has 1 saturated carbocycles. The molecule has 0 bridgehead atoms. The van der Waals surface area contributed by atoms with E-state index in [1.54, 1.807) is 18.3 Å². The zero-order valence-electron chi connectivity index (χ0n) is 17.1. The zero-order valence-corrected chi connectivity index (χ0v) is 17.1. The Bertz CT molecular complexity index is 1500. The highest BCUT2D eigenvalue weighted by molar-refractivity contribution is 6.02. The summed E-state index contributed by atoms with van der Waals surface area (Å²) in [6.07, 6.45) is 7.55. The van der Waals surface area contributed by atoms with Crippen molar-refractivity contribution < 1.29 is 8.78 Å². The molecule has 7 heteroatoms. The molecule has 5 aromatic rings. The molecule has 0 aliphatic heterocycles. The number of fused-ring (bicyclic) bond motifs is 2. The number of benzene rings is 2. The maximum Gasteiger partial charge on any atom is 0.146 e. The lowest BCUT2D eigenvalue weighted by Crippen LogP contribution is -1.96. The summed E-state index contributed by atoms with van der Waals surface area (Å²) in [5.74, 6) is -0.301. The van der Waals surface area contributed by atoms with Gasteiger partial charge < -0.3 is 10.3 Å². The van der Waals surface area contributed by atoms with E-state index >= 15 is 4.39 Å². The molecule has 1 aliphatic rings. The van der Waals surface area contributed by atoms with Crippen LogP contribution in [0, 0.1) is 11.6 Å². The van der Waals surface area contributed by atoms with E-state index in [1.807, 2.05) is 24.4 Å². The van der Waals surface area contributed by atoms with Crippen molar-refractivity contribution in [2.45, 2.75) is 25.3 Å². The minimum atomic E-state index is -0.356. The standard InChI is InChI=1S/C25H19F2N5/c26-16-3-1-2-14(8-16)9-17-10-15-4-7-19(23(27)20(15)11-29-17)21-12-32(18-5-6-18)25-22(21)24(28)30-13-31-25/h1-4,7-8,10-13,18H,5-6,9H2,(H2,28,30,31). The van der Waals surface area contributed by atoms with Crippen LogP contribution in [0.3, 0.4) is 0 Å². The van der Waals surface area contributed by atoms with Gasteiger partial charge >= 0.3 is 0 Å². The second kappa shape index (κ2) is 7.09. The van der Waals surface area contributed by atoms with E-state index in [4.69, 9.17) is 5.73 Å². The zero-order chi connectivity index (χ0) is 21.8. The first-order chi connectivity index (χ1) is 15.6. The van der Waals surface area contributed by atoms with E-state index in [0.29, 0.717) is 40.2 Å². The predicted molar refractivity (Wildman–Crippen MR) is 120 cm³/mol. The summed E-state index contributed by atoms with van der Waals surface area (Å²) < 4.78 is 31.2. The Kier molecular flexibility index (Phi) is 4.18. The van der Waals surface area contributed by atoms with E-state index in [9.17, 15) is 4.39 Å². The molecule has 3 heterocycles. The summed E-state index contributed by atoms with van der Waals surface area (Å²) in [7, 11) is 0. The smallest absolute Gasteiger partial charge is 0.146 e. The van der Waals surface area contributed by atoms with Crippen molar-refractivity contribution in [3.8, 4) is 11.1 Å². The van der Waals surface area contributed by atoms with E-state index in [-0.39, 0.29) is 11.6 Å². The van der Waals surface area contributed by atoms with Gasteiger partial charge in [0.15, 0.2) is 0 Å². The molecular weight excluding hydrogens is 408 g/mol. The largest absolute Gasteiger partial charge is 0.383 e. The number of hydrogen-bond acceptors (Lipinski definition) is 4. The Hall–Kier alpha value is -3.87. The summed E-state index contributed by atoms with van der Waals surface area (Å²) >= 11 is 0. The summed E-state index contributed by atoms with van der Waals surface area (Å²) in [4.78, 5) is 13.0. The van der Waals surface area contributed by atoms with Gasteiger partial charge in [0.25, 0.3) is 0 Å². The third-order valence-electron chi connectivity index (χ3n) is 6.04. The average molecular weight is 427 g/mol. The van der Waals surface area contributed by atoms with E-state index in [1.165, 1.54) is 18.5 Å². The van der Waals surface area contributed by atoms with Gasteiger partial charge in [-0.25, -0.2) is 18.7 Å². The molecule has 5 nitrogen and oxygen atoms in total. The minimum Gasteiger partial charge on any atom is -0.383 e. The highest BCUT2D eigenvalue weighted by atomic mass is 19.1. The van der Waals surface area contributed by atoms with Gasteiger partial charge in [-0.1, -0.05) is 24.3 Å². The number of nitrogens with zero attached hydrogens (tertiary/aromatic N) is 4. The second-order valence-electron chi connectivity index (χ2n) is 8.27. The number of hydrogen-bond donors (Lipinski definition) is 1. The first kappa shape index (κ1) is 18.9. The van der Waals surface area contributed by atoms with Gasteiger partial charge in [-0.2, -0.15) is 0 Å². The van der Waals surface area contributed by atoms with Crippen LogP contribution in [0.4, 0.5) is 14.6 Å². The fourth-order valence-corrected chi connectivity index (χ4v) is 4.33. The van der Waals surface area contributed by atoms with Crippen LogP contribution in [0.25, 0.3) is 32.9 Å². The summed E-state index contributed by atoms with van der Waals surface area (Å²) in [5, 5.41) is 1.84. The maximum absolute atomic E-state index is 15.7. The van der Waals surface area contributed by atoms with Crippen LogP contribution in [0.5, 0.6) is 0 Å². The van der Waals surface area contributed by atoms with E-state index < -0.39 is 0 Å². The molecule has 32 heavy (non-hydrogen) atoms. The summed E-state index contributed by atoms with van der Waals surface area (Å²) in [6.45, 7) is 0. The lowest BCUT2D eigenvalue weighted by atomic mass is 10.00. The lowest BCUT2D eigenvalue weighted by Gasteiger charge is -2.08. The lowest BCUT2D eigenvalue weighted by molar-refractivity contribution is 0.626. The SMILES string of the molecule is Nc1ncnc2c1c(-c1ccc3cc(Cc4cccc(F)c4)ncc3c1F)cn2C1CC1. The minimum absolute atomic E-state index is 0.285. The van der Waals surface area contributed by atoms with Gasteiger partial charge in [-0.15, -0.1) is 0 Å². The maximum atomic E-state index is 15.7. The number of halogens is 2. The van der Waals surface area contributed by atoms with Crippen LogP contribution >= 0.6 is 0 Å². The quantitative estimate of drug-likeness (QED) is 0.415. The molecule has 0 saturated heterocycles. The Balaban J connectivity index is 1.45. The van der Waals surface area contributed by atoms with Gasteiger partial charge in [0.05, 0.1) is 5.39 Å². The van der Waals surface area contributed by atoms with Crippen LogP contribution in [-0.4, -0.2) is 19.5 Å². The molecule has 1 fully saturated rings. The normalized spacial score (nSPS) is 13.8. The highest BCUT2D eigenvalue weighted by Crippen LogP contribution is 2.43. The summed E-state index contributed by atoms with van der Waals surface area (Å²) in [6, 6.07) is 12.3. The topological polar surface area (TPSA) is 69.6 Å². The Morgan fingerprint density at radius 1 is 1.00 bits per heavy atom. The molecule has 158 valence electrons. The molecule has 0 amide bonds. The summed E-state index contributed by atoms with van der Waals surface area (Å²) in [5.41, 5.74) is 9.60. The predicted octanol–water partition coefficient (Wildman–Crippen LogP) is 5.43. The molecule has 0 unspecified atom stereocenters. The van der Waals surface area contributed by atoms with Crippen LogP contribution < -0.4 is 5.73 Å². The van der Waals surface area contributed by atoms with Gasteiger partial charge in [0, 0.05) is 47.1 Å².